The topological polar surface area (TPSA) is 108 Å². The summed E-state index contributed by atoms with van der Waals surface area (Å²) >= 11 is 0. The van der Waals surface area contributed by atoms with Gasteiger partial charge >= 0.3 is 0 Å². The molecule has 9 heteroatoms. The lowest BCUT2D eigenvalue weighted by Gasteiger charge is -2.63. The zero-order valence-electron chi connectivity index (χ0n) is 23.1. The minimum atomic E-state index is -2.24. The Hall–Kier alpha value is -2.62. The Morgan fingerprint density at radius 3 is 2.62 bits per heavy atom. The molecule has 0 amide bonds. The standard InChI is InChI=1S/C31H37F2NO6/c1-4-5-27-39-26-14-20-21-13-23(32)22-12-18(35)10-11-28(22,2)30(21,33)24(36)15-29(20,3)31(26,40-27)25(37)16-38-19-8-6-17(34)7-9-19/h6-12,20-21,23-24,26-27,36H,4-5,13-16,34H2,1-3H3/t20-,21-,23-,24-,26+,27+,28-,29-,30-,31+/m0/s1. The molecule has 216 valence electrons. The van der Waals surface area contributed by atoms with Crippen LogP contribution >= 0.6 is 0 Å². The Labute approximate surface area is 232 Å². The van der Waals surface area contributed by atoms with E-state index in [0.29, 0.717) is 17.9 Å². The molecule has 1 heterocycles. The number of alkyl halides is 2. The first-order valence-electron chi connectivity index (χ1n) is 14.2. The van der Waals surface area contributed by atoms with Crippen molar-refractivity contribution in [1.82, 2.24) is 0 Å². The summed E-state index contributed by atoms with van der Waals surface area (Å²) in [6, 6.07) is 6.68. The predicted molar refractivity (Wildman–Crippen MR) is 143 cm³/mol. The Bertz CT molecular complexity index is 1280. The molecule has 4 fully saturated rings. The fraction of sp³-hybridized carbons (Fsp3) is 0.613. The lowest BCUT2D eigenvalue weighted by Crippen LogP contribution is -2.71. The minimum Gasteiger partial charge on any atom is -0.486 e. The highest BCUT2D eigenvalue weighted by atomic mass is 19.1. The third-order valence-corrected chi connectivity index (χ3v) is 10.6. The molecule has 0 radical (unpaired) electrons. The molecular formula is C31H37F2NO6. The lowest BCUT2D eigenvalue weighted by atomic mass is 9.44. The van der Waals surface area contributed by atoms with Crippen molar-refractivity contribution >= 4 is 17.3 Å². The van der Waals surface area contributed by atoms with Gasteiger partial charge in [0.1, 0.15) is 18.5 Å². The largest absolute Gasteiger partial charge is 0.486 e. The van der Waals surface area contributed by atoms with Crippen LogP contribution in [0.4, 0.5) is 14.5 Å². The van der Waals surface area contributed by atoms with Crippen LogP contribution in [0.25, 0.3) is 0 Å². The fourth-order valence-corrected chi connectivity index (χ4v) is 8.71. The van der Waals surface area contributed by atoms with Gasteiger partial charge < -0.3 is 25.1 Å². The number of carbonyl (C=O) groups is 2. The molecule has 1 saturated heterocycles. The number of allylic oxidation sites excluding steroid dienone is 4. The summed E-state index contributed by atoms with van der Waals surface area (Å²) in [5.41, 5.74) is 0.117. The molecule has 1 aliphatic heterocycles. The maximum Gasteiger partial charge on any atom is 0.205 e. The van der Waals surface area contributed by atoms with Gasteiger partial charge in [0.05, 0.1) is 12.2 Å². The van der Waals surface area contributed by atoms with E-state index in [2.05, 4.69) is 0 Å². The van der Waals surface area contributed by atoms with E-state index < -0.39 is 64.4 Å². The number of Topliss-reactive ketones (excluding diaryl/α,β-unsaturated/α-hetero) is 1. The monoisotopic (exact) mass is 557 g/mol. The highest BCUT2D eigenvalue weighted by Gasteiger charge is 2.80. The number of ether oxygens (including phenoxy) is 3. The van der Waals surface area contributed by atoms with E-state index in [4.69, 9.17) is 19.9 Å². The van der Waals surface area contributed by atoms with Crippen molar-refractivity contribution in [2.24, 2.45) is 22.7 Å². The second kappa shape index (κ2) is 9.19. The van der Waals surface area contributed by atoms with Gasteiger partial charge in [-0.15, -0.1) is 0 Å². The van der Waals surface area contributed by atoms with E-state index in [1.807, 2.05) is 13.8 Å². The third kappa shape index (κ3) is 3.50. The fourth-order valence-electron chi connectivity index (χ4n) is 8.71. The van der Waals surface area contributed by atoms with E-state index in [1.165, 1.54) is 18.2 Å². The molecule has 0 aromatic heterocycles. The van der Waals surface area contributed by atoms with Gasteiger partial charge in [-0.05, 0) is 80.5 Å². The highest BCUT2D eigenvalue weighted by Crippen LogP contribution is 2.72. The summed E-state index contributed by atoms with van der Waals surface area (Å²) in [6.45, 7) is 5.09. The van der Waals surface area contributed by atoms with Gasteiger partial charge in [-0.3, -0.25) is 9.59 Å². The average molecular weight is 558 g/mol. The van der Waals surface area contributed by atoms with Crippen LogP contribution in [0, 0.1) is 22.7 Å². The molecule has 7 nitrogen and oxygen atoms in total. The molecule has 4 aliphatic carbocycles. The normalized spacial score (nSPS) is 45.2. The lowest BCUT2D eigenvalue weighted by molar-refractivity contribution is -0.234. The van der Waals surface area contributed by atoms with Crippen LogP contribution in [0.3, 0.4) is 0 Å². The summed E-state index contributed by atoms with van der Waals surface area (Å²) in [7, 11) is 0. The predicted octanol–water partition coefficient (Wildman–Crippen LogP) is 4.43. The number of halogens is 2. The number of nitrogens with two attached hydrogens (primary N) is 1. The second-order valence-electron chi connectivity index (χ2n) is 12.6. The van der Waals surface area contributed by atoms with Gasteiger partial charge in [-0.1, -0.05) is 26.3 Å². The molecular weight excluding hydrogens is 520 g/mol. The van der Waals surface area contributed by atoms with Crippen molar-refractivity contribution in [1.29, 1.82) is 0 Å². The van der Waals surface area contributed by atoms with Crippen LogP contribution < -0.4 is 10.5 Å². The molecule has 3 saturated carbocycles. The quantitative estimate of drug-likeness (QED) is 0.499. The van der Waals surface area contributed by atoms with Crippen molar-refractivity contribution < 1.29 is 37.7 Å². The van der Waals surface area contributed by atoms with Crippen LogP contribution in [0.1, 0.15) is 52.9 Å². The highest BCUT2D eigenvalue weighted by molar-refractivity contribution is 6.01. The van der Waals surface area contributed by atoms with Gasteiger partial charge in [0.2, 0.25) is 5.78 Å². The van der Waals surface area contributed by atoms with E-state index in [-0.39, 0.29) is 37.2 Å². The molecule has 1 aromatic rings. The number of hydrogen-bond acceptors (Lipinski definition) is 7. The molecule has 10 atom stereocenters. The zero-order chi connectivity index (χ0) is 28.7. The van der Waals surface area contributed by atoms with Crippen LogP contribution in [0.15, 0.2) is 48.1 Å². The third-order valence-electron chi connectivity index (χ3n) is 10.6. The van der Waals surface area contributed by atoms with E-state index in [1.54, 1.807) is 31.2 Å². The summed E-state index contributed by atoms with van der Waals surface area (Å²) in [4.78, 5) is 26.3. The van der Waals surface area contributed by atoms with Gasteiger partial charge in [-0.2, -0.15) is 0 Å². The summed E-state index contributed by atoms with van der Waals surface area (Å²) in [5.74, 6) is -1.72. The molecule has 3 N–H and O–H groups in total. The van der Waals surface area contributed by atoms with Crippen molar-refractivity contribution in [3.8, 4) is 5.75 Å². The molecule has 1 aromatic carbocycles. The molecule has 0 spiro atoms. The number of hydrogen-bond donors (Lipinski definition) is 2. The SMILES string of the molecule is CCC[C@@H]1O[C@@H]2C[C@H]3[C@@H]4C[C@H](F)C5=CC(=O)C=C[C@]5(C)[C@@]4(F)[C@@H](O)C[C@]3(C)[C@]2(C(=O)COc2ccc(N)cc2)O1. The van der Waals surface area contributed by atoms with E-state index in [9.17, 15) is 14.7 Å². The van der Waals surface area contributed by atoms with Crippen molar-refractivity contribution in [3.63, 3.8) is 0 Å². The maximum absolute atomic E-state index is 17.5. The number of anilines is 1. The summed E-state index contributed by atoms with van der Waals surface area (Å²) in [5, 5.41) is 11.7. The summed E-state index contributed by atoms with van der Waals surface area (Å²) in [6.07, 6.45) is 0.779. The first-order valence-corrected chi connectivity index (χ1v) is 14.2. The molecule has 40 heavy (non-hydrogen) atoms. The number of ketones is 2. The first kappa shape index (κ1) is 27.5. The number of aliphatic hydroxyl groups is 1. The number of aliphatic hydroxyl groups excluding tert-OH is 1. The number of benzene rings is 1. The Morgan fingerprint density at radius 2 is 1.93 bits per heavy atom. The van der Waals surface area contributed by atoms with Crippen molar-refractivity contribution in [2.75, 3.05) is 12.3 Å². The molecule has 0 unspecified atom stereocenters. The van der Waals surface area contributed by atoms with Crippen molar-refractivity contribution in [3.05, 3.63) is 48.1 Å². The smallest absolute Gasteiger partial charge is 0.205 e. The minimum absolute atomic E-state index is 0.0674. The zero-order valence-corrected chi connectivity index (χ0v) is 23.1. The van der Waals surface area contributed by atoms with Crippen molar-refractivity contribution in [2.45, 2.75) is 88.8 Å². The van der Waals surface area contributed by atoms with E-state index >= 15 is 8.78 Å². The van der Waals surface area contributed by atoms with Gasteiger partial charge in [0, 0.05) is 22.4 Å². The molecule has 5 aliphatic rings. The first-order chi connectivity index (χ1) is 18.9. The Morgan fingerprint density at radius 1 is 1.20 bits per heavy atom. The van der Waals surface area contributed by atoms with Gasteiger partial charge in [-0.25, -0.2) is 8.78 Å². The second-order valence-corrected chi connectivity index (χ2v) is 12.6. The number of fused-ring (bicyclic) bond motifs is 7. The van der Waals surface area contributed by atoms with Crippen LogP contribution in [-0.2, 0) is 19.1 Å². The van der Waals surface area contributed by atoms with Gasteiger partial charge in [0.15, 0.2) is 23.3 Å². The Balaban J connectivity index is 1.39. The van der Waals surface area contributed by atoms with Crippen LogP contribution in [-0.4, -0.2) is 59.2 Å². The number of rotatable bonds is 6. The maximum atomic E-state index is 17.5. The van der Waals surface area contributed by atoms with Crippen LogP contribution in [0.2, 0.25) is 0 Å². The van der Waals surface area contributed by atoms with Gasteiger partial charge in [0.25, 0.3) is 0 Å². The number of nitrogen functional groups attached to an aromatic ring is 1. The average Bonchev–Trinajstić information content (AvgIpc) is 3.39. The molecule has 0 bridgehead atoms. The Kier molecular flexibility index (Phi) is 6.33. The summed E-state index contributed by atoms with van der Waals surface area (Å²) < 4.78 is 52.0. The van der Waals surface area contributed by atoms with Crippen LogP contribution in [0.5, 0.6) is 5.75 Å². The molecule has 6 rings (SSSR count). The number of carbonyl (C=O) groups excluding carboxylic acids is 2. The van der Waals surface area contributed by atoms with E-state index in [0.717, 1.165) is 6.42 Å².